The van der Waals surface area contributed by atoms with Crippen LogP contribution < -0.4 is 5.32 Å². The standard InChI is InChI=1S/C27H21N7OS/c1-14-2-5-24(36-14)21-12-29-13-23-19(21)8-22(32-23)25-20-7-17(10-30-26(20)34-33-25)16-6-18(11-28-9-16)31-27(35)15-3-4-15/h2,5-13,15,32H,3-4H2,1H3,(H,31,35)(H,30,33,34). The lowest BCUT2D eigenvalue weighted by Gasteiger charge is -2.07. The molecule has 1 fully saturated rings. The second-order valence-electron chi connectivity index (χ2n) is 9.16. The summed E-state index contributed by atoms with van der Waals surface area (Å²) in [5.41, 5.74) is 6.93. The fraction of sp³-hybridized carbons (Fsp3) is 0.148. The zero-order chi connectivity index (χ0) is 24.2. The lowest BCUT2D eigenvalue weighted by molar-refractivity contribution is -0.117. The highest BCUT2D eigenvalue weighted by molar-refractivity contribution is 7.15. The van der Waals surface area contributed by atoms with E-state index in [1.807, 2.05) is 18.5 Å². The number of nitrogens with zero attached hydrogens (tertiary/aromatic N) is 4. The summed E-state index contributed by atoms with van der Waals surface area (Å²) in [6, 6.07) is 10.4. The van der Waals surface area contributed by atoms with Crippen LogP contribution in [0.15, 0.2) is 61.3 Å². The van der Waals surface area contributed by atoms with Crippen LogP contribution in [0.25, 0.3) is 54.9 Å². The van der Waals surface area contributed by atoms with Crippen LogP contribution in [0.2, 0.25) is 0 Å². The Morgan fingerprint density at radius 1 is 1.00 bits per heavy atom. The lowest BCUT2D eigenvalue weighted by atomic mass is 10.1. The van der Waals surface area contributed by atoms with Gasteiger partial charge in [0.05, 0.1) is 35.0 Å². The molecule has 6 aromatic heterocycles. The quantitative estimate of drug-likeness (QED) is 0.276. The van der Waals surface area contributed by atoms with Crippen LogP contribution in [0.1, 0.15) is 17.7 Å². The summed E-state index contributed by atoms with van der Waals surface area (Å²) in [6.07, 6.45) is 10.9. The van der Waals surface area contributed by atoms with E-state index in [9.17, 15) is 4.79 Å². The molecular formula is C27H21N7OS. The fourth-order valence-electron chi connectivity index (χ4n) is 4.48. The number of hydrogen-bond donors (Lipinski definition) is 3. The Hall–Kier alpha value is -4.37. The number of rotatable bonds is 5. The monoisotopic (exact) mass is 491 g/mol. The van der Waals surface area contributed by atoms with Crippen molar-refractivity contribution < 1.29 is 4.79 Å². The molecule has 0 saturated heterocycles. The molecule has 6 aromatic rings. The van der Waals surface area contributed by atoms with E-state index in [4.69, 9.17) is 0 Å². The van der Waals surface area contributed by atoms with Gasteiger partial charge >= 0.3 is 0 Å². The zero-order valence-corrected chi connectivity index (χ0v) is 20.2. The van der Waals surface area contributed by atoms with Gasteiger partial charge in [0.15, 0.2) is 5.65 Å². The summed E-state index contributed by atoms with van der Waals surface area (Å²) in [5, 5.41) is 12.6. The van der Waals surface area contributed by atoms with Gasteiger partial charge in [0, 0.05) is 61.7 Å². The molecule has 8 nitrogen and oxygen atoms in total. The van der Waals surface area contributed by atoms with Gasteiger partial charge in [0.1, 0.15) is 0 Å². The molecule has 0 atom stereocenters. The van der Waals surface area contributed by atoms with Gasteiger partial charge in [0.25, 0.3) is 0 Å². The van der Waals surface area contributed by atoms with E-state index in [-0.39, 0.29) is 11.8 Å². The Labute approximate surface area is 209 Å². The van der Waals surface area contributed by atoms with E-state index in [2.05, 4.69) is 66.6 Å². The van der Waals surface area contributed by atoms with E-state index in [0.717, 1.165) is 57.2 Å². The third kappa shape index (κ3) is 3.64. The summed E-state index contributed by atoms with van der Waals surface area (Å²) < 4.78 is 0. The number of amides is 1. The minimum absolute atomic E-state index is 0.0602. The molecule has 0 aliphatic heterocycles. The number of anilines is 1. The minimum Gasteiger partial charge on any atom is -0.352 e. The Balaban J connectivity index is 1.28. The number of carbonyl (C=O) groups is 1. The largest absolute Gasteiger partial charge is 0.352 e. The number of hydrogen-bond acceptors (Lipinski definition) is 6. The molecule has 6 heterocycles. The van der Waals surface area contributed by atoms with Crippen molar-refractivity contribution in [3.63, 3.8) is 0 Å². The SMILES string of the molecule is Cc1ccc(-c2cncc3[nH]c(-c4[nH]nc5ncc(-c6cncc(NC(=O)C7CC7)c6)cc45)cc23)s1. The van der Waals surface area contributed by atoms with Crippen molar-refractivity contribution >= 4 is 44.9 Å². The normalized spacial score (nSPS) is 13.5. The second-order valence-corrected chi connectivity index (χ2v) is 10.4. The van der Waals surface area contributed by atoms with Gasteiger partial charge in [-0.25, -0.2) is 4.98 Å². The average Bonchev–Trinajstić information content (AvgIpc) is 3.30. The maximum atomic E-state index is 12.2. The van der Waals surface area contributed by atoms with E-state index in [1.165, 1.54) is 9.75 Å². The number of H-pyrrole nitrogens is 2. The summed E-state index contributed by atoms with van der Waals surface area (Å²) >= 11 is 1.76. The van der Waals surface area contributed by atoms with Gasteiger partial charge in [-0.15, -0.1) is 11.3 Å². The van der Waals surface area contributed by atoms with Crippen LogP contribution in [0.4, 0.5) is 5.69 Å². The molecular weight excluding hydrogens is 470 g/mol. The van der Waals surface area contributed by atoms with E-state index in [0.29, 0.717) is 11.3 Å². The number of aryl methyl sites for hydroxylation is 1. The maximum Gasteiger partial charge on any atom is 0.227 e. The number of carbonyl (C=O) groups excluding carboxylic acids is 1. The topological polar surface area (TPSA) is 112 Å². The van der Waals surface area contributed by atoms with Crippen LogP contribution >= 0.6 is 11.3 Å². The predicted molar refractivity (Wildman–Crippen MR) is 142 cm³/mol. The highest BCUT2D eigenvalue weighted by Crippen LogP contribution is 2.36. The minimum atomic E-state index is 0.0602. The van der Waals surface area contributed by atoms with Gasteiger partial charge in [-0.2, -0.15) is 5.10 Å². The van der Waals surface area contributed by atoms with Crippen LogP contribution in [0.3, 0.4) is 0 Å². The number of aromatic nitrogens is 6. The fourth-order valence-corrected chi connectivity index (χ4v) is 5.37. The van der Waals surface area contributed by atoms with Gasteiger partial charge in [-0.3, -0.25) is 19.9 Å². The molecule has 9 heteroatoms. The summed E-state index contributed by atoms with van der Waals surface area (Å²) in [4.78, 5) is 31.5. The van der Waals surface area contributed by atoms with Crippen LogP contribution in [0.5, 0.6) is 0 Å². The first-order valence-corrected chi connectivity index (χ1v) is 12.6. The van der Waals surface area contributed by atoms with Gasteiger partial charge < -0.3 is 10.3 Å². The van der Waals surface area contributed by atoms with E-state index in [1.54, 1.807) is 29.9 Å². The third-order valence-electron chi connectivity index (χ3n) is 6.52. The highest BCUT2D eigenvalue weighted by atomic mass is 32.1. The van der Waals surface area contributed by atoms with Gasteiger partial charge in [0.2, 0.25) is 5.91 Å². The van der Waals surface area contributed by atoms with Crippen LogP contribution in [0, 0.1) is 12.8 Å². The molecule has 1 aliphatic rings. The van der Waals surface area contributed by atoms with Crippen molar-refractivity contribution in [3.8, 4) is 33.0 Å². The first-order valence-electron chi connectivity index (χ1n) is 11.8. The zero-order valence-electron chi connectivity index (χ0n) is 19.4. The first kappa shape index (κ1) is 21.0. The Morgan fingerprint density at radius 3 is 2.69 bits per heavy atom. The molecule has 0 radical (unpaired) electrons. The van der Waals surface area contributed by atoms with Crippen molar-refractivity contribution in [1.82, 2.24) is 30.1 Å². The van der Waals surface area contributed by atoms with Gasteiger partial charge in [-0.05, 0) is 50.1 Å². The van der Waals surface area contributed by atoms with Crippen molar-refractivity contribution in [1.29, 1.82) is 0 Å². The van der Waals surface area contributed by atoms with E-state index < -0.39 is 0 Å². The van der Waals surface area contributed by atoms with Crippen molar-refractivity contribution in [2.45, 2.75) is 19.8 Å². The molecule has 0 unspecified atom stereocenters. The second kappa shape index (κ2) is 8.10. The molecule has 176 valence electrons. The number of aromatic amines is 2. The predicted octanol–water partition coefficient (Wildman–Crippen LogP) is 5.95. The van der Waals surface area contributed by atoms with Crippen molar-refractivity contribution in [3.05, 3.63) is 66.2 Å². The number of thiophene rings is 1. The molecule has 3 N–H and O–H groups in total. The van der Waals surface area contributed by atoms with Crippen LogP contribution in [-0.4, -0.2) is 36.0 Å². The third-order valence-corrected chi connectivity index (χ3v) is 7.55. The highest BCUT2D eigenvalue weighted by Gasteiger charge is 2.29. The first-order chi connectivity index (χ1) is 17.6. The van der Waals surface area contributed by atoms with Crippen LogP contribution in [-0.2, 0) is 4.79 Å². The molecule has 0 bridgehead atoms. The van der Waals surface area contributed by atoms with Crippen molar-refractivity contribution in [2.75, 3.05) is 5.32 Å². The smallest absolute Gasteiger partial charge is 0.227 e. The summed E-state index contributed by atoms with van der Waals surface area (Å²) in [7, 11) is 0. The molecule has 1 aliphatic carbocycles. The molecule has 7 rings (SSSR count). The van der Waals surface area contributed by atoms with Gasteiger partial charge in [-0.1, -0.05) is 0 Å². The molecule has 1 amide bonds. The number of pyridine rings is 3. The molecule has 0 aromatic carbocycles. The lowest BCUT2D eigenvalue weighted by Crippen LogP contribution is -2.13. The Morgan fingerprint density at radius 2 is 1.86 bits per heavy atom. The summed E-state index contributed by atoms with van der Waals surface area (Å²) in [6.45, 7) is 2.11. The average molecular weight is 492 g/mol. The van der Waals surface area contributed by atoms with E-state index >= 15 is 0 Å². The Bertz CT molecular complexity index is 1780. The number of nitrogens with one attached hydrogen (secondary N) is 3. The number of fused-ring (bicyclic) bond motifs is 2. The maximum absolute atomic E-state index is 12.2. The Kier molecular flexibility index (Phi) is 4.71. The molecule has 36 heavy (non-hydrogen) atoms. The molecule has 0 spiro atoms. The molecule has 1 saturated carbocycles. The van der Waals surface area contributed by atoms with Crippen molar-refractivity contribution in [2.24, 2.45) is 5.92 Å². The summed E-state index contributed by atoms with van der Waals surface area (Å²) in [5.74, 6) is 0.195.